The molecule has 0 amide bonds. The van der Waals surface area contributed by atoms with E-state index in [0.29, 0.717) is 5.69 Å². The molecule has 102 valence electrons. The van der Waals surface area contributed by atoms with Crippen LogP contribution in [0, 0.1) is 6.92 Å². The minimum atomic E-state index is -4.44. The van der Waals surface area contributed by atoms with Gasteiger partial charge in [0.2, 0.25) is 0 Å². The van der Waals surface area contributed by atoms with Gasteiger partial charge in [-0.2, -0.15) is 13.2 Å². The van der Waals surface area contributed by atoms with Crippen LogP contribution in [0.5, 0.6) is 0 Å². The molecule has 2 heterocycles. The van der Waals surface area contributed by atoms with Crippen molar-refractivity contribution in [1.29, 1.82) is 0 Å². The molecule has 0 saturated heterocycles. The number of hydrogen-bond acceptors (Lipinski definition) is 3. The first kappa shape index (κ1) is 13.4. The molecular weight excluding hydrogens is 261 g/mol. The van der Waals surface area contributed by atoms with Crippen LogP contribution in [-0.2, 0) is 10.9 Å². The topological polar surface area (TPSA) is 43.6 Å². The molecule has 0 bridgehead atoms. The van der Waals surface area contributed by atoms with Gasteiger partial charge in [0.05, 0.1) is 17.9 Å². The van der Waals surface area contributed by atoms with E-state index in [1.54, 1.807) is 13.8 Å². The number of alkyl halides is 3. The molecule has 0 N–H and O–H groups in total. The highest BCUT2D eigenvalue weighted by Crippen LogP contribution is 2.30. The molecule has 0 atom stereocenters. The second-order valence-electron chi connectivity index (χ2n) is 3.91. The van der Waals surface area contributed by atoms with Crippen LogP contribution in [0.3, 0.4) is 0 Å². The van der Waals surface area contributed by atoms with Gasteiger partial charge in [0, 0.05) is 6.20 Å². The second kappa shape index (κ2) is 4.56. The lowest BCUT2D eigenvalue weighted by Gasteiger charge is -2.07. The van der Waals surface area contributed by atoms with Crippen LogP contribution in [0.25, 0.3) is 5.65 Å². The van der Waals surface area contributed by atoms with Gasteiger partial charge < -0.3 is 4.74 Å². The Labute approximate surface area is 106 Å². The number of hydrogen-bond donors (Lipinski definition) is 0. The highest BCUT2D eigenvalue weighted by Gasteiger charge is 2.31. The Kier molecular flexibility index (Phi) is 3.21. The van der Waals surface area contributed by atoms with E-state index >= 15 is 0 Å². The predicted molar refractivity (Wildman–Crippen MR) is 60.9 cm³/mol. The van der Waals surface area contributed by atoms with Crippen LogP contribution in [0.4, 0.5) is 13.2 Å². The third-order valence-corrected chi connectivity index (χ3v) is 2.60. The number of nitrogens with zero attached hydrogens (tertiary/aromatic N) is 2. The van der Waals surface area contributed by atoms with E-state index in [1.807, 2.05) is 0 Å². The van der Waals surface area contributed by atoms with Crippen molar-refractivity contribution in [3.63, 3.8) is 0 Å². The van der Waals surface area contributed by atoms with Gasteiger partial charge in [-0.25, -0.2) is 9.78 Å². The number of pyridine rings is 1. The molecule has 7 heteroatoms. The average Bonchev–Trinajstić information content (AvgIpc) is 2.62. The highest BCUT2D eigenvalue weighted by molar-refractivity contribution is 5.90. The number of aryl methyl sites for hydroxylation is 1. The average molecular weight is 272 g/mol. The Morgan fingerprint density at radius 3 is 2.74 bits per heavy atom. The number of aromatic nitrogens is 2. The van der Waals surface area contributed by atoms with E-state index in [1.165, 1.54) is 10.6 Å². The van der Waals surface area contributed by atoms with E-state index in [0.717, 1.165) is 12.1 Å². The summed E-state index contributed by atoms with van der Waals surface area (Å²) in [6.45, 7) is 3.39. The maximum atomic E-state index is 12.6. The van der Waals surface area contributed by atoms with Crippen molar-refractivity contribution in [2.24, 2.45) is 0 Å². The van der Waals surface area contributed by atoms with Crippen molar-refractivity contribution in [2.45, 2.75) is 20.0 Å². The number of ether oxygens (including phenoxy) is 1. The van der Waals surface area contributed by atoms with E-state index < -0.39 is 17.7 Å². The summed E-state index contributed by atoms with van der Waals surface area (Å²) in [5.74, 6) is -0.604. The van der Waals surface area contributed by atoms with Crippen LogP contribution >= 0.6 is 0 Å². The summed E-state index contributed by atoms with van der Waals surface area (Å²) in [4.78, 5) is 15.7. The maximum absolute atomic E-state index is 12.6. The Morgan fingerprint density at radius 2 is 2.16 bits per heavy atom. The fraction of sp³-hybridized carbons (Fsp3) is 0.333. The first-order valence-corrected chi connectivity index (χ1v) is 5.57. The van der Waals surface area contributed by atoms with Crippen molar-refractivity contribution < 1.29 is 22.7 Å². The van der Waals surface area contributed by atoms with E-state index in [4.69, 9.17) is 4.74 Å². The molecule has 0 aliphatic rings. The highest BCUT2D eigenvalue weighted by atomic mass is 19.4. The molecule has 0 spiro atoms. The molecule has 0 aliphatic heterocycles. The van der Waals surface area contributed by atoms with Gasteiger partial charge in [0.1, 0.15) is 5.65 Å². The van der Waals surface area contributed by atoms with Crippen molar-refractivity contribution in [3.8, 4) is 0 Å². The monoisotopic (exact) mass is 272 g/mol. The van der Waals surface area contributed by atoms with Crippen molar-refractivity contribution >= 4 is 11.6 Å². The predicted octanol–water partition coefficient (Wildman–Crippen LogP) is 2.84. The van der Waals surface area contributed by atoms with Gasteiger partial charge in [0.25, 0.3) is 0 Å². The third-order valence-electron chi connectivity index (χ3n) is 2.60. The Hall–Kier alpha value is -2.05. The summed E-state index contributed by atoms with van der Waals surface area (Å²) in [6, 6.07) is 1.80. The molecule has 19 heavy (non-hydrogen) atoms. The molecule has 0 radical (unpaired) electrons. The van der Waals surface area contributed by atoms with Gasteiger partial charge >= 0.3 is 12.1 Å². The molecule has 0 unspecified atom stereocenters. The summed E-state index contributed by atoms with van der Waals surface area (Å²) in [5, 5.41) is 0. The molecule has 2 rings (SSSR count). The molecule has 0 saturated carbocycles. The molecule has 4 nitrogen and oxygen atoms in total. The Balaban J connectivity index is 2.57. The zero-order chi connectivity index (χ0) is 14.2. The SMILES string of the molecule is CCOC(=O)c1c(C)nc2cc(C(F)(F)F)ccn12. The van der Waals surface area contributed by atoms with Crippen molar-refractivity contribution in [3.05, 3.63) is 35.3 Å². The first-order valence-electron chi connectivity index (χ1n) is 5.57. The lowest BCUT2D eigenvalue weighted by Crippen LogP contribution is -2.10. The van der Waals surface area contributed by atoms with Crippen LogP contribution in [-0.4, -0.2) is 22.0 Å². The Morgan fingerprint density at radius 1 is 1.47 bits per heavy atom. The summed E-state index contributed by atoms with van der Waals surface area (Å²) >= 11 is 0. The van der Waals surface area contributed by atoms with Crippen LogP contribution in [0.2, 0.25) is 0 Å². The fourth-order valence-electron chi connectivity index (χ4n) is 1.78. The quantitative estimate of drug-likeness (QED) is 0.789. The fourth-order valence-corrected chi connectivity index (χ4v) is 1.78. The van der Waals surface area contributed by atoms with Crippen molar-refractivity contribution in [1.82, 2.24) is 9.38 Å². The molecule has 2 aromatic rings. The van der Waals surface area contributed by atoms with Crippen LogP contribution in [0.15, 0.2) is 18.3 Å². The number of carbonyl (C=O) groups is 1. The maximum Gasteiger partial charge on any atom is 0.416 e. The number of esters is 1. The van der Waals surface area contributed by atoms with E-state index in [9.17, 15) is 18.0 Å². The standard InChI is InChI=1S/C12H11F3N2O2/c1-3-19-11(18)10-7(2)16-9-6-8(12(13,14)15)4-5-17(9)10/h4-6H,3H2,1-2H3. The largest absolute Gasteiger partial charge is 0.461 e. The van der Waals surface area contributed by atoms with Crippen LogP contribution in [0.1, 0.15) is 28.7 Å². The lowest BCUT2D eigenvalue weighted by atomic mass is 10.2. The minimum absolute atomic E-state index is 0.0652. The summed E-state index contributed by atoms with van der Waals surface area (Å²) in [5.41, 5.74) is -0.265. The zero-order valence-corrected chi connectivity index (χ0v) is 10.3. The minimum Gasteiger partial charge on any atom is -0.461 e. The normalized spacial score (nSPS) is 11.8. The zero-order valence-electron chi connectivity index (χ0n) is 10.3. The summed E-state index contributed by atoms with van der Waals surface area (Å²) in [7, 11) is 0. The van der Waals surface area contributed by atoms with Gasteiger partial charge in [-0.3, -0.25) is 4.40 Å². The number of imidazole rings is 1. The van der Waals surface area contributed by atoms with Gasteiger partial charge in [-0.05, 0) is 26.0 Å². The van der Waals surface area contributed by atoms with Gasteiger partial charge in [-0.15, -0.1) is 0 Å². The smallest absolute Gasteiger partial charge is 0.416 e. The van der Waals surface area contributed by atoms with E-state index in [2.05, 4.69) is 4.98 Å². The lowest BCUT2D eigenvalue weighted by molar-refractivity contribution is -0.137. The molecule has 0 aromatic carbocycles. The summed E-state index contributed by atoms with van der Waals surface area (Å²) in [6.07, 6.45) is -3.27. The second-order valence-corrected chi connectivity index (χ2v) is 3.91. The Bertz CT molecular complexity index is 632. The number of carbonyl (C=O) groups excluding carboxylic acids is 1. The molecule has 2 aromatic heterocycles. The van der Waals surface area contributed by atoms with E-state index in [-0.39, 0.29) is 17.9 Å². The molecular formula is C12H11F3N2O2. The first-order chi connectivity index (χ1) is 8.84. The number of fused-ring (bicyclic) bond motifs is 1. The number of rotatable bonds is 2. The third kappa shape index (κ3) is 2.40. The molecule has 0 fully saturated rings. The van der Waals surface area contributed by atoms with Crippen LogP contribution < -0.4 is 0 Å². The summed E-state index contributed by atoms with van der Waals surface area (Å²) < 4.78 is 43.9. The molecule has 0 aliphatic carbocycles. The van der Waals surface area contributed by atoms with Gasteiger partial charge in [0.15, 0.2) is 5.69 Å². The number of halogens is 3. The van der Waals surface area contributed by atoms with Crippen molar-refractivity contribution in [2.75, 3.05) is 6.61 Å². The van der Waals surface area contributed by atoms with Gasteiger partial charge in [-0.1, -0.05) is 0 Å².